The number of nitrogens with zero attached hydrogens (tertiary/aromatic N) is 1. The quantitative estimate of drug-likeness (QED) is 0.299. The Morgan fingerprint density at radius 1 is 1.04 bits per heavy atom. The number of carbonyl (C=O) groups excluding carboxylic acids is 1. The molecule has 0 unspecified atom stereocenters. The molecule has 3 aromatic rings. The van der Waals surface area contributed by atoms with Crippen molar-refractivity contribution in [1.82, 2.24) is 5.32 Å². The predicted molar refractivity (Wildman–Crippen MR) is 105 cm³/mol. The molecule has 3 aromatic carbocycles. The Hall–Kier alpha value is -3.67. The molecule has 1 amide bonds. The molecule has 3 rings (SSSR count). The first-order valence-electron chi connectivity index (χ1n) is 8.44. The van der Waals surface area contributed by atoms with Crippen molar-refractivity contribution in [2.24, 2.45) is 0 Å². The zero-order valence-electron chi connectivity index (χ0n) is 14.5. The van der Waals surface area contributed by atoms with E-state index in [1.807, 2.05) is 42.5 Å². The van der Waals surface area contributed by atoms with E-state index in [-0.39, 0.29) is 11.6 Å². The summed E-state index contributed by atoms with van der Waals surface area (Å²) in [4.78, 5) is 22.1. The fourth-order valence-corrected chi connectivity index (χ4v) is 2.57. The minimum Gasteiger partial charge on any atom is -0.492 e. The van der Waals surface area contributed by atoms with E-state index in [1.165, 1.54) is 24.3 Å². The molecule has 0 aliphatic carbocycles. The van der Waals surface area contributed by atoms with E-state index in [2.05, 4.69) is 5.32 Å². The number of carbonyl (C=O) groups is 1. The van der Waals surface area contributed by atoms with Crippen LogP contribution in [0.15, 0.2) is 72.8 Å². The molecule has 0 fully saturated rings. The number of fused-ring (bicyclic) bond motifs is 1. The molecule has 136 valence electrons. The van der Waals surface area contributed by atoms with Crippen molar-refractivity contribution in [2.45, 2.75) is 0 Å². The SMILES string of the molecule is O=C(/C=C/c1cccc([N+](=O)[O-])c1)NCCOc1ccc2ccccc2c1. The number of hydrogen-bond acceptors (Lipinski definition) is 4. The van der Waals surface area contributed by atoms with Crippen molar-refractivity contribution < 1.29 is 14.5 Å². The van der Waals surface area contributed by atoms with Gasteiger partial charge in [-0.25, -0.2) is 0 Å². The van der Waals surface area contributed by atoms with Crippen LogP contribution in [-0.2, 0) is 4.79 Å². The third-order valence-corrected chi connectivity index (χ3v) is 3.90. The van der Waals surface area contributed by atoms with Crippen molar-refractivity contribution in [3.8, 4) is 5.75 Å². The Kier molecular flexibility index (Phi) is 5.79. The van der Waals surface area contributed by atoms with Crippen LogP contribution in [0.25, 0.3) is 16.8 Å². The lowest BCUT2D eigenvalue weighted by Gasteiger charge is -2.07. The summed E-state index contributed by atoms with van der Waals surface area (Å²) in [6.45, 7) is 0.694. The molecular formula is C21H18N2O4. The first kappa shape index (κ1) is 18.1. The van der Waals surface area contributed by atoms with Gasteiger partial charge in [-0.15, -0.1) is 0 Å². The van der Waals surface area contributed by atoms with E-state index in [0.29, 0.717) is 18.7 Å². The lowest BCUT2D eigenvalue weighted by molar-refractivity contribution is -0.384. The summed E-state index contributed by atoms with van der Waals surface area (Å²) in [7, 11) is 0. The van der Waals surface area contributed by atoms with E-state index in [0.717, 1.165) is 16.5 Å². The predicted octanol–water partition coefficient (Wildman–Crippen LogP) is 3.96. The number of nitrogens with one attached hydrogen (secondary N) is 1. The molecule has 0 aliphatic rings. The van der Waals surface area contributed by atoms with Gasteiger partial charge in [0, 0.05) is 18.2 Å². The third-order valence-electron chi connectivity index (χ3n) is 3.90. The Morgan fingerprint density at radius 2 is 1.85 bits per heavy atom. The average molecular weight is 362 g/mol. The van der Waals surface area contributed by atoms with Crippen molar-refractivity contribution in [2.75, 3.05) is 13.2 Å². The summed E-state index contributed by atoms with van der Waals surface area (Å²) < 4.78 is 5.66. The Bertz CT molecular complexity index is 998. The molecule has 0 aromatic heterocycles. The summed E-state index contributed by atoms with van der Waals surface area (Å²) >= 11 is 0. The van der Waals surface area contributed by atoms with Gasteiger partial charge in [0.05, 0.1) is 11.5 Å². The van der Waals surface area contributed by atoms with Crippen LogP contribution >= 0.6 is 0 Å². The van der Waals surface area contributed by atoms with Crippen molar-refractivity contribution >= 4 is 28.4 Å². The van der Waals surface area contributed by atoms with E-state index in [9.17, 15) is 14.9 Å². The monoisotopic (exact) mass is 362 g/mol. The van der Waals surface area contributed by atoms with Crippen LogP contribution in [0.5, 0.6) is 5.75 Å². The summed E-state index contributed by atoms with van der Waals surface area (Å²) in [5, 5.41) is 15.7. The van der Waals surface area contributed by atoms with Crippen LogP contribution in [0.2, 0.25) is 0 Å². The van der Waals surface area contributed by atoms with Gasteiger partial charge in [0.15, 0.2) is 0 Å². The highest BCUT2D eigenvalue weighted by molar-refractivity contribution is 5.91. The van der Waals surface area contributed by atoms with E-state index in [4.69, 9.17) is 4.74 Å². The second kappa shape index (κ2) is 8.62. The normalized spacial score (nSPS) is 10.8. The van der Waals surface area contributed by atoms with Gasteiger partial charge in [-0.2, -0.15) is 0 Å². The molecule has 6 nitrogen and oxygen atoms in total. The van der Waals surface area contributed by atoms with Crippen LogP contribution < -0.4 is 10.1 Å². The number of benzene rings is 3. The lowest BCUT2D eigenvalue weighted by Crippen LogP contribution is -2.26. The fourth-order valence-electron chi connectivity index (χ4n) is 2.57. The Labute approximate surface area is 156 Å². The topological polar surface area (TPSA) is 81.5 Å². The molecule has 0 bridgehead atoms. The van der Waals surface area contributed by atoms with Gasteiger partial charge in [-0.1, -0.05) is 42.5 Å². The van der Waals surface area contributed by atoms with Crippen LogP contribution in [0, 0.1) is 10.1 Å². The van der Waals surface area contributed by atoms with Crippen LogP contribution in [0.1, 0.15) is 5.56 Å². The van der Waals surface area contributed by atoms with Crippen molar-refractivity contribution in [1.29, 1.82) is 0 Å². The molecule has 0 spiro atoms. The van der Waals surface area contributed by atoms with Gasteiger partial charge in [0.25, 0.3) is 5.69 Å². The van der Waals surface area contributed by atoms with Crippen molar-refractivity contribution in [3.05, 3.63) is 88.5 Å². The molecule has 0 aliphatic heterocycles. The molecule has 6 heteroatoms. The molecule has 1 N–H and O–H groups in total. The first-order chi connectivity index (χ1) is 13.1. The summed E-state index contributed by atoms with van der Waals surface area (Å²) in [5.41, 5.74) is 0.577. The maximum absolute atomic E-state index is 11.8. The van der Waals surface area contributed by atoms with Gasteiger partial charge < -0.3 is 10.1 Å². The third kappa shape index (κ3) is 5.15. The van der Waals surface area contributed by atoms with E-state index >= 15 is 0 Å². The fraction of sp³-hybridized carbons (Fsp3) is 0.0952. The number of rotatable bonds is 7. The first-order valence-corrected chi connectivity index (χ1v) is 8.44. The number of nitro groups is 1. The van der Waals surface area contributed by atoms with E-state index < -0.39 is 4.92 Å². The van der Waals surface area contributed by atoms with Gasteiger partial charge in [0.1, 0.15) is 12.4 Å². The van der Waals surface area contributed by atoms with Gasteiger partial charge >= 0.3 is 0 Å². The summed E-state index contributed by atoms with van der Waals surface area (Å²) in [6.07, 6.45) is 2.88. The van der Waals surface area contributed by atoms with E-state index in [1.54, 1.807) is 12.1 Å². The minimum atomic E-state index is -0.471. The highest BCUT2D eigenvalue weighted by atomic mass is 16.6. The number of ether oxygens (including phenoxy) is 1. The second-order valence-electron chi connectivity index (χ2n) is 5.83. The molecule has 0 radical (unpaired) electrons. The maximum atomic E-state index is 11.8. The second-order valence-corrected chi connectivity index (χ2v) is 5.83. The average Bonchev–Trinajstić information content (AvgIpc) is 2.69. The molecule has 0 atom stereocenters. The van der Waals surface area contributed by atoms with Crippen LogP contribution in [0.3, 0.4) is 0 Å². The lowest BCUT2D eigenvalue weighted by atomic mass is 10.1. The summed E-state index contributed by atoms with van der Waals surface area (Å²) in [6, 6.07) is 19.9. The Balaban J connectivity index is 1.46. The highest BCUT2D eigenvalue weighted by Gasteiger charge is 2.04. The van der Waals surface area contributed by atoms with Gasteiger partial charge in [-0.3, -0.25) is 14.9 Å². The summed E-state index contributed by atoms with van der Waals surface area (Å²) in [5.74, 6) is 0.457. The molecule has 27 heavy (non-hydrogen) atoms. The molecule has 0 saturated carbocycles. The standard InChI is InChI=1S/C21H18N2O4/c24-21(11-8-16-4-3-7-19(14-16)23(25)26)22-12-13-27-20-10-9-17-5-1-2-6-18(17)15-20/h1-11,14-15H,12-13H2,(H,22,24)/b11-8+. The number of nitro benzene ring substituents is 1. The largest absolute Gasteiger partial charge is 0.492 e. The van der Waals surface area contributed by atoms with Crippen LogP contribution in [0.4, 0.5) is 5.69 Å². The zero-order chi connectivity index (χ0) is 19.1. The molecule has 0 saturated heterocycles. The zero-order valence-corrected chi connectivity index (χ0v) is 14.5. The molecule has 0 heterocycles. The van der Waals surface area contributed by atoms with Crippen LogP contribution in [-0.4, -0.2) is 24.0 Å². The molecular weight excluding hydrogens is 344 g/mol. The highest BCUT2D eigenvalue weighted by Crippen LogP contribution is 2.20. The number of amides is 1. The van der Waals surface area contributed by atoms with Crippen molar-refractivity contribution in [3.63, 3.8) is 0 Å². The smallest absolute Gasteiger partial charge is 0.270 e. The Morgan fingerprint density at radius 3 is 2.67 bits per heavy atom. The number of non-ortho nitro benzene ring substituents is 1. The van der Waals surface area contributed by atoms with Gasteiger partial charge in [0.2, 0.25) is 5.91 Å². The van der Waals surface area contributed by atoms with Gasteiger partial charge in [-0.05, 0) is 34.5 Å². The maximum Gasteiger partial charge on any atom is 0.270 e. The minimum absolute atomic E-state index is 0.0126. The number of hydrogen-bond donors (Lipinski definition) is 1.